The molecule has 130 valence electrons. The standard InChI is InChI=1S/C17H25FN6/c1-14(4-9-24-8-3-7-22-24)21-11-16-10-15(18)12-23(16)13-17-19-5-2-6-20-17/h2-3,5-8,14-16,21H,4,9-13H2,1H3/t14-,15-,16-/m0/s1. The van der Waals surface area contributed by atoms with Crippen molar-refractivity contribution >= 4 is 0 Å². The van der Waals surface area contributed by atoms with Gasteiger partial charge in [0.25, 0.3) is 0 Å². The van der Waals surface area contributed by atoms with Crippen LogP contribution in [0.2, 0.25) is 0 Å². The van der Waals surface area contributed by atoms with Crippen LogP contribution in [-0.4, -0.2) is 56.0 Å². The van der Waals surface area contributed by atoms with Gasteiger partial charge in [0.15, 0.2) is 0 Å². The monoisotopic (exact) mass is 332 g/mol. The molecule has 3 atom stereocenters. The first kappa shape index (κ1) is 17.0. The van der Waals surface area contributed by atoms with Gasteiger partial charge in [0.05, 0.1) is 6.54 Å². The number of nitrogens with zero attached hydrogens (tertiary/aromatic N) is 5. The van der Waals surface area contributed by atoms with E-state index < -0.39 is 6.17 Å². The summed E-state index contributed by atoms with van der Waals surface area (Å²) in [5.74, 6) is 0.753. The minimum atomic E-state index is -0.764. The SMILES string of the molecule is C[C@@H](CCn1cccn1)NC[C@@H]1C[C@H](F)CN1Cc1ncccn1. The molecule has 1 N–H and O–H groups in total. The predicted octanol–water partition coefficient (Wildman–Crippen LogP) is 1.65. The molecule has 3 rings (SSSR count). The lowest BCUT2D eigenvalue weighted by Gasteiger charge is -2.25. The van der Waals surface area contributed by atoms with Crippen molar-refractivity contribution in [2.45, 2.75) is 51.1 Å². The fourth-order valence-corrected chi connectivity index (χ4v) is 3.12. The summed E-state index contributed by atoms with van der Waals surface area (Å²) < 4.78 is 15.8. The van der Waals surface area contributed by atoms with E-state index in [9.17, 15) is 4.39 Å². The van der Waals surface area contributed by atoms with E-state index in [1.165, 1.54) is 0 Å². The van der Waals surface area contributed by atoms with Crippen LogP contribution in [0.5, 0.6) is 0 Å². The second-order valence-corrected chi connectivity index (χ2v) is 6.45. The lowest BCUT2D eigenvalue weighted by atomic mass is 10.1. The number of nitrogens with one attached hydrogen (secondary N) is 1. The van der Waals surface area contributed by atoms with Gasteiger partial charge in [-0.2, -0.15) is 5.10 Å². The second kappa shape index (κ2) is 8.30. The summed E-state index contributed by atoms with van der Waals surface area (Å²) in [7, 11) is 0. The Morgan fingerprint density at radius 1 is 1.29 bits per heavy atom. The van der Waals surface area contributed by atoms with E-state index in [4.69, 9.17) is 0 Å². The van der Waals surface area contributed by atoms with Crippen LogP contribution in [0.25, 0.3) is 0 Å². The van der Waals surface area contributed by atoms with E-state index in [0.29, 0.717) is 25.6 Å². The van der Waals surface area contributed by atoms with Crippen molar-refractivity contribution in [3.63, 3.8) is 0 Å². The lowest BCUT2D eigenvalue weighted by Crippen LogP contribution is -2.41. The number of likely N-dealkylation sites (tertiary alicyclic amines) is 1. The van der Waals surface area contributed by atoms with Gasteiger partial charge in [-0.05, 0) is 31.9 Å². The van der Waals surface area contributed by atoms with Crippen LogP contribution < -0.4 is 5.32 Å². The topological polar surface area (TPSA) is 58.9 Å². The summed E-state index contributed by atoms with van der Waals surface area (Å²) >= 11 is 0. The highest BCUT2D eigenvalue weighted by atomic mass is 19.1. The minimum absolute atomic E-state index is 0.191. The Labute approximate surface area is 142 Å². The van der Waals surface area contributed by atoms with Crippen LogP contribution in [0.1, 0.15) is 25.6 Å². The first-order valence-electron chi connectivity index (χ1n) is 8.55. The van der Waals surface area contributed by atoms with Gasteiger partial charge in [0.1, 0.15) is 12.0 Å². The largest absolute Gasteiger partial charge is 0.313 e. The first-order chi connectivity index (χ1) is 11.7. The number of hydrogen-bond donors (Lipinski definition) is 1. The van der Waals surface area contributed by atoms with E-state index >= 15 is 0 Å². The zero-order valence-corrected chi connectivity index (χ0v) is 14.1. The maximum Gasteiger partial charge on any atom is 0.142 e. The molecule has 0 unspecified atom stereocenters. The van der Waals surface area contributed by atoms with E-state index in [2.05, 4.69) is 32.2 Å². The fourth-order valence-electron chi connectivity index (χ4n) is 3.12. The normalized spacial score (nSPS) is 22.8. The number of hydrogen-bond acceptors (Lipinski definition) is 5. The molecule has 1 saturated heterocycles. The van der Waals surface area contributed by atoms with Gasteiger partial charge < -0.3 is 5.32 Å². The van der Waals surface area contributed by atoms with Crippen molar-refractivity contribution in [3.8, 4) is 0 Å². The minimum Gasteiger partial charge on any atom is -0.313 e. The van der Waals surface area contributed by atoms with Crippen LogP contribution in [0.3, 0.4) is 0 Å². The molecule has 2 aromatic rings. The van der Waals surface area contributed by atoms with E-state index in [0.717, 1.165) is 25.3 Å². The number of alkyl halides is 1. The molecule has 1 aliphatic rings. The Morgan fingerprint density at radius 3 is 2.88 bits per heavy atom. The van der Waals surface area contributed by atoms with Crippen LogP contribution in [0.4, 0.5) is 4.39 Å². The summed E-state index contributed by atoms with van der Waals surface area (Å²) in [6.07, 6.45) is 8.03. The van der Waals surface area contributed by atoms with Crippen molar-refractivity contribution in [3.05, 3.63) is 42.7 Å². The second-order valence-electron chi connectivity index (χ2n) is 6.45. The Bertz CT molecular complexity index is 590. The third kappa shape index (κ3) is 4.82. The van der Waals surface area contributed by atoms with Gasteiger partial charge in [-0.15, -0.1) is 0 Å². The van der Waals surface area contributed by atoms with E-state index in [-0.39, 0.29) is 6.04 Å². The van der Waals surface area contributed by atoms with Gasteiger partial charge in [-0.1, -0.05) is 0 Å². The summed E-state index contributed by atoms with van der Waals surface area (Å²) in [5, 5.41) is 7.74. The first-order valence-corrected chi connectivity index (χ1v) is 8.55. The van der Waals surface area contributed by atoms with Crippen molar-refractivity contribution in [1.82, 2.24) is 30.0 Å². The fraction of sp³-hybridized carbons (Fsp3) is 0.588. The molecule has 3 heterocycles. The molecule has 2 aromatic heterocycles. The smallest absolute Gasteiger partial charge is 0.142 e. The summed E-state index contributed by atoms with van der Waals surface area (Å²) in [6.45, 7) is 4.91. The highest BCUT2D eigenvalue weighted by Crippen LogP contribution is 2.21. The highest BCUT2D eigenvalue weighted by molar-refractivity contribution is 4.94. The predicted molar refractivity (Wildman–Crippen MR) is 90.1 cm³/mol. The molecule has 0 spiro atoms. The molecule has 7 heteroatoms. The molecule has 0 saturated carbocycles. The molecule has 6 nitrogen and oxygen atoms in total. The Kier molecular flexibility index (Phi) is 5.87. The molecular formula is C17H25FN6. The highest BCUT2D eigenvalue weighted by Gasteiger charge is 2.32. The number of aryl methyl sites for hydroxylation is 1. The van der Waals surface area contributed by atoms with Crippen molar-refractivity contribution in [1.29, 1.82) is 0 Å². The molecule has 1 fully saturated rings. The summed E-state index contributed by atoms with van der Waals surface area (Å²) in [4.78, 5) is 10.6. The molecule has 0 aliphatic carbocycles. The zero-order valence-electron chi connectivity index (χ0n) is 14.1. The third-order valence-corrected chi connectivity index (χ3v) is 4.49. The zero-order chi connectivity index (χ0) is 16.8. The van der Waals surface area contributed by atoms with Crippen molar-refractivity contribution in [2.75, 3.05) is 13.1 Å². The van der Waals surface area contributed by atoms with Gasteiger partial charge in [0.2, 0.25) is 0 Å². The molecular weight excluding hydrogens is 307 g/mol. The molecule has 0 radical (unpaired) electrons. The van der Waals surface area contributed by atoms with Crippen LogP contribution in [0, 0.1) is 0 Å². The Balaban J connectivity index is 1.45. The molecule has 0 aromatic carbocycles. The van der Waals surface area contributed by atoms with Gasteiger partial charge in [0, 0.05) is 56.5 Å². The molecule has 1 aliphatic heterocycles. The number of aromatic nitrogens is 4. The van der Waals surface area contributed by atoms with Crippen LogP contribution >= 0.6 is 0 Å². The molecule has 24 heavy (non-hydrogen) atoms. The average Bonchev–Trinajstić information content (AvgIpc) is 3.22. The Morgan fingerprint density at radius 2 is 2.12 bits per heavy atom. The lowest BCUT2D eigenvalue weighted by molar-refractivity contribution is 0.220. The van der Waals surface area contributed by atoms with Crippen molar-refractivity contribution in [2.24, 2.45) is 0 Å². The molecule has 0 amide bonds. The van der Waals surface area contributed by atoms with Crippen molar-refractivity contribution < 1.29 is 4.39 Å². The van der Waals surface area contributed by atoms with Gasteiger partial charge in [-0.3, -0.25) is 9.58 Å². The average molecular weight is 332 g/mol. The molecule has 0 bridgehead atoms. The quantitative estimate of drug-likeness (QED) is 0.797. The maximum absolute atomic E-state index is 13.9. The third-order valence-electron chi connectivity index (χ3n) is 4.49. The van der Waals surface area contributed by atoms with Gasteiger partial charge >= 0.3 is 0 Å². The van der Waals surface area contributed by atoms with E-state index in [1.807, 2.05) is 16.9 Å². The van der Waals surface area contributed by atoms with Gasteiger partial charge in [-0.25, -0.2) is 14.4 Å². The number of rotatable bonds is 8. The Hall–Kier alpha value is -1.86. The van der Waals surface area contributed by atoms with Crippen LogP contribution in [-0.2, 0) is 13.1 Å². The summed E-state index contributed by atoms with van der Waals surface area (Å²) in [5.41, 5.74) is 0. The number of halogens is 1. The summed E-state index contributed by atoms with van der Waals surface area (Å²) in [6, 6.07) is 4.28. The maximum atomic E-state index is 13.9. The van der Waals surface area contributed by atoms with E-state index in [1.54, 1.807) is 24.7 Å². The van der Waals surface area contributed by atoms with Crippen LogP contribution in [0.15, 0.2) is 36.9 Å².